The first kappa shape index (κ1) is 20.6. The maximum atomic E-state index is 12.7. The van der Waals surface area contributed by atoms with E-state index in [1.54, 1.807) is 16.1 Å². The van der Waals surface area contributed by atoms with Crippen molar-refractivity contribution in [2.45, 2.75) is 45.3 Å². The molecule has 1 aromatic heterocycles. The molecule has 1 aromatic carbocycles. The molecule has 0 radical (unpaired) electrons. The van der Waals surface area contributed by atoms with E-state index in [0.717, 1.165) is 41.1 Å². The molecule has 1 atom stereocenters. The molecule has 3 aliphatic rings. The molecule has 0 spiro atoms. The topological polar surface area (TPSA) is 87.1 Å². The van der Waals surface area contributed by atoms with E-state index < -0.39 is 0 Å². The van der Waals surface area contributed by atoms with E-state index in [4.69, 9.17) is 9.84 Å². The van der Waals surface area contributed by atoms with E-state index in [0.29, 0.717) is 32.7 Å². The van der Waals surface area contributed by atoms with Gasteiger partial charge in [0.25, 0.3) is 0 Å². The molecule has 1 N–H and O–H groups in total. The Kier molecular flexibility index (Phi) is 5.61. The molecule has 1 fully saturated rings. The van der Waals surface area contributed by atoms with Gasteiger partial charge in [-0.1, -0.05) is 25.1 Å². The van der Waals surface area contributed by atoms with E-state index in [9.17, 15) is 9.59 Å². The number of benzene rings is 1. The van der Waals surface area contributed by atoms with Gasteiger partial charge in [-0.15, -0.1) is 0 Å². The van der Waals surface area contributed by atoms with Gasteiger partial charge in [0.1, 0.15) is 0 Å². The van der Waals surface area contributed by atoms with Crippen molar-refractivity contribution in [3.05, 3.63) is 59.4 Å². The smallest absolute Gasteiger partial charge is 0.322 e. The molecular formula is C24H27N5O3. The van der Waals surface area contributed by atoms with Crippen molar-refractivity contribution in [1.82, 2.24) is 14.9 Å². The molecule has 0 saturated carbocycles. The SMILES string of the molecule is C[C@H]1CC(=O)N(C2CCOCC2)N=C1c1ccc(NC(=O)N2Cc3cccnc3C2)cc1. The summed E-state index contributed by atoms with van der Waals surface area (Å²) in [5, 5.41) is 9.40. The summed E-state index contributed by atoms with van der Waals surface area (Å²) in [7, 11) is 0. The fourth-order valence-electron chi connectivity index (χ4n) is 4.55. The summed E-state index contributed by atoms with van der Waals surface area (Å²) in [5.74, 6) is 0.132. The lowest BCUT2D eigenvalue weighted by Crippen LogP contribution is -2.44. The average molecular weight is 434 g/mol. The van der Waals surface area contributed by atoms with Crippen molar-refractivity contribution in [2.75, 3.05) is 18.5 Å². The molecule has 3 aliphatic heterocycles. The summed E-state index contributed by atoms with van der Waals surface area (Å²) in [5.41, 5.74) is 4.65. The van der Waals surface area contributed by atoms with E-state index in [-0.39, 0.29) is 23.9 Å². The number of aromatic nitrogens is 1. The minimum Gasteiger partial charge on any atom is -0.381 e. The highest BCUT2D eigenvalue weighted by molar-refractivity contribution is 6.06. The lowest BCUT2D eigenvalue weighted by atomic mass is 9.93. The minimum absolute atomic E-state index is 0.0506. The largest absolute Gasteiger partial charge is 0.381 e. The fraction of sp³-hybridized carbons (Fsp3) is 0.417. The molecule has 2 aromatic rings. The Hall–Kier alpha value is -3.26. The van der Waals surface area contributed by atoms with Crippen LogP contribution < -0.4 is 5.32 Å². The molecule has 5 rings (SSSR count). The second-order valence-corrected chi connectivity index (χ2v) is 8.65. The number of pyridine rings is 1. The summed E-state index contributed by atoms with van der Waals surface area (Å²) in [6.45, 7) is 4.46. The number of hydrazone groups is 1. The highest BCUT2D eigenvalue weighted by Crippen LogP contribution is 2.27. The maximum Gasteiger partial charge on any atom is 0.322 e. The van der Waals surface area contributed by atoms with Crippen LogP contribution in [0.4, 0.5) is 10.5 Å². The molecule has 1 saturated heterocycles. The Bertz CT molecular complexity index is 1020. The van der Waals surface area contributed by atoms with Gasteiger partial charge in [0.2, 0.25) is 5.91 Å². The van der Waals surface area contributed by atoms with Crippen LogP contribution in [0.5, 0.6) is 0 Å². The number of fused-ring (bicyclic) bond motifs is 1. The number of anilines is 1. The number of ether oxygens (including phenoxy) is 1. The summed E-state index contributed by atoms with van der Waals surface area (Å²) < 4.78 is 5.43. The van der Waals surface area contributed by atoms with Gasteiger partial charge in [0, 0.05) is 44.0 Å². The molecule has 3 amide bonds. The number of rotatable bonds is 3. The van der Waals surface area contributed by atoms with E-state index in [1.807, 2.05) is 43.3 Å². The highest BCUT2D eigenvalue weighted by Gasteiger charge is 2.33. The van der Waals surface area contributed by atoms with Crippen molar-refractivity contribution in [1.29, 1.82) is 0 Å². The van der Waals surface area contributed by atoms with Crippen molar-refractivity contribution in [3.8, 4) is 0 Å². The predicted octanol–water partition coefficient (Wildman–Crippen LogP) is 3.38. The van der Waals surface area contributed by atoms with Gasteiger partial charge < -0.3 is 15.0 Å². The Balaban J connectivity index is 1.27. The third-order valence-corrected chi connectivity index (χ3v) is 6.36. The molecule has 0 aliphatic carbocycles. The summed E-state index contributed by atoms with van der Waals surface area (Å²) in [6.07, 6.45) is 3.85. The highest BCUT2D eigenvalue weighted by atomic mass is 16.5. The normalized spacial score (nSPS) is 21.3. The number of carbonyl (C=O) groups excluding carboxylic acids is 2. The summed E-state index contributed by atoms with van der Waals surface area (Å²) >= 11 is 0. The number of nitrogens with zero attached hydrogens (tertiary/aromatic N) is 4. The second kappa shape index (κ2) is 8.70. The number of hydrogen-bond donors (Lipinski definition) is 1. The Labute approximate surface area is 187 Å². The third-order valence-electron chi connectivity index (χ3n) is 6.36. The molecule has 8 heteroatoms. The van der Waals surface area contributed by atoms with Gasteiger partial charge in [-0.05, 0) is 42.2 Å². The van der Waals surface area contributed by atoms with Crippen LogP contribution in [0.25, 0.3) is 0 Å². The van der Waals surface area contributed by atoms with Crippen LogP contribution in [0.2, 0.25) is 0 Å². The van der Waals surface area contributed by atoms with Gasteiger partial charge in [-0.25, -0.2) is 9.80 Å². The van der Waals surface area contributed by atoms with Crippen LogP contribution >= 0.6 is 0 Å². The van der Waals surface area contributed by atoms with E-state index in [2.05, 4.69) is 10.3 Å². The number of amides is 3. The monoisotopic (exact) mass is 433 g/mol. The second-order valence-electron chi connectivity index (χ2n) is 8.65. The van der Waals surface area contributed by atoms with Gasteiger partial charge in [-0.2, -0.15) is 5.10 Å². The van der Waals surface area contributed by atoms with Crippen LogP contribution in [-0.2, 0) is 22.6 Å². The summed E-state index contributed by atoms with van der Waals surface area (Å²) in [6, 6.07) is 11.6. The molecule has 0 bridgehead atoms. The van der Waals surface area contributed by atoms with E-state index in [1.165, 1.54) is 0 Å². The first-order valence-electron chi connectivity index (χ1n) is 11.2. The standard InChI is InChI=1S/C24H27N5O3/c1-16-13-22(30)29(20-8-11-32-12-9-20)27-23(16)17-4-6-19(7-5-17)26-24(31)28-14-18-3-2-10-25-21(18)15-28/h2-7,10,16,20H,8-9,11-15H2,1H3,(H,26,31)/t16-/m0/s1. The fourth-order valence-corrected chi connectivity index (χ4v) is 4.55. The van der Waals surface area contributed by atoms with Crippen molar-refractivity contribution < 1.29 is 14.3 Å². The molecule has 8 nitrogen and oxygen atoms in total. The molecule has 4 heterocycles. The quantitative estimate of drug-likeness (QED) is 0.804. The number of carbonyl (C=O) groups is 2. The van der Waals surface area contributed by atoms with Gasteiger partial charge in [0.15, 0.2) is 0 Å². The molecular weight excluding hydrogens is 406 g/mol. The zero-order valence-electron chi connectivity index (χ0n) is 18.2. The summed E-state index contributed by atoms with van der Waals surface area (Å²) in [4.78, 5) is 31.4. The zero-order chi connectivity index (χ0) is 22.1. The van der Waals surface area contributed by atoms with Crippen LogP contribution in [0.3, 0.4) is 0 Å². The van der Waals surface area contributed by atoms with Crippen LogP contribution in [0.1, 0.15) is 43.0 Å². The van der Waals surface area contributed by atoms with Crippen molar-refractivity contribution in [3.63, 3.8) is 0 Å². The van der Waals surface area contributed by atoms with Gasteiger partial charge in [-0.3, -0.25) is 9.78 Å². The van der Waals surface area contributed by atoms with Gasteiger partial charge in [0.05, 0.1) is 24.0 Å². The third kappa shape index (κ3) is 4.10. The maximum absolute atomic E-state index is 12.7. The predicted molar refractivity (Wildman–Crippen MR) is 120 cm³/mol. The van der Waals surface area contributed by atoms with E-state index >= 15 is 0 Å². The molecule has 32 heavy (non-hydrogen) atoms. The lowest BCUT2D eigenvalue weighted by molar-refractivity contribution is -0.136. The van der Waals surface area contributed by atoms with Crippen molar-refractivity contribution in [2.24, 2.45) is 11.0 Å². The average Bonchev–Trinajstić information content (AvgIpc) is 3.25. The first-order chi connectivity index (χ1) is 15.6. The lowest BCUT2D eigenvalue weighted by Gasteiger charge is -2.35. The van der Waals surface area contributed by atoms with Crippen LogP contribution in [-0.4, -0.2) is 51.8 Å². The van der Waals surface area contributed by atoms with Crippen LogP contribution in [0.15, 0.2) is 47.7 Å². The number of urea groups is 1. The minimum atomic E-state index is -0.143. The Morgan fingerprint density at radius 3 is 2.66 bits per heavy atom. The Morgan fingerprint density at radius 2 is 1.91 bits per heavy atom. The van der Waals surface area contributed by atoms with Crippen molar-refractivity contribution >= 4 is 23.3 Å². The number of hydrogen-bond acceptors (Lipinski definition) is 5. The number of nitrogens with one attached hydrogen (secondary N) is 1. The Morgan fingerprint density at radius 1 is 1.12 bits per heavy atom. The molecule has 0 unspecified atom stereocenters. The van der Waals surface area contributed by atoms with Crippen LogP contribution in [0, 0.1) is 5.92 Å². The first-order valence-corrected chi connectivity index (χ1v) is 11.2. The zero-order valence-corrected chi connectivity index (χ0v) is 18.2. The van der Waals surface area contributed by atoms with Gasteiger partial charge >= 0.3 is 6.03 Å². The molecule has 166 valence electrons.